The molecule has 1 unspecified atom stereocenters. The highest BCUT2D eigenvalue weighted by molar-refractivity contribution is 8.00. The van der Waals surface area contributed by atoms with E-state index in [-0.39, 0.29) is 17.8 Å². The third kappa shape index (κ3) is 4.92. The first-order valence-corrected chi connectivity index (χ1v) is 8.79. The molecule has 1 heterocycles. The van der Waals surface area contributed by atoms with Gasteiger partial charge in [0.1, 0.15) is 0 Å². The molecule has 1 aromatic rings. The smallest absolute Gasteiger partial charge is 0.310 e. The van der Waals surface area contributed by atoms with E-state index < -0.39 is 0 Å². The van der Waals surface area contributed by atoms with E-state index >= 15 is 0 Å². The normalized spacial score (nSPS) is 18.1. The first-order chi connectivity index (χ1) is 10.6. The van der Waals surface area contributed by atoms with Gasteiger partial charge in [-0.05, 0) is 44.0 Å². The fourth-order valence-corrected chi connectivity index (χ4v) is 3.35. The SMILES string of the molecule is CCOC(=O)C1CCCN(C(=O)CSc2ccc(Cl)cc2)C1. The van der Waals surface area contributed by atoms with Crippen LogP contribution in [0.15, 0.2) is 29.2 Å². The number of ether oxygens (including phenoxy) is 1. The fraction of sp³-hybridized carbons (Fsp3) is 0.500. The maximum atomic E-state index is 12.3. The summed E-state index contributed by atoms with van der Waals surface area (Å²) in [6.07, 6.45) is 1.65. The third-order valence-electron chi connectivity index (χ3n) is 3.57. The molecular formula is C16H20ClNO3S. The molecule has 22 heavy (non-hydrogen) atoms. The Labute approximate surface area is 140 Å². The van der Waals surface area contributed by atoms with Gasteiger partial charge in [-0.2, -0.15) is 0 Å². The van der Waals surface area contributed by atoms with E-state index in [0.717, 1.165) is 24.3 Å². The van der Waals surface area contributed by atoms with Crippen LogP contribution in [0.1, 0.15) is 19.8 Å². The number of thioether (sulfide) groups is 1. The lowest BCUT2D eigenvalue weighted by Gasteiger charge is -2.31. The van der Waals surface area contributed by atoms with Crippen LogP contribution in [0.4, 0.5) is 0 Å². The predicted octanol–water partition coefficient (Wildman–Crippen LogP) is 3.23. The van der Waals surface area contributed by atoms with Crippen LogP contribution >= 0.6 is 23.4 Å². The molecule has 0 spiro atoms. The summed E-state index contributed by atoms with van der Waals surface area (Å²) < 4.78 is 5.06. The molecule has 0 N–H and O–H groups in total. The van der Waals surface area contributed by atoms with Crippen LogP contribution in [0.5, 0.6) is 0 Å². The predicted molar refractivity (Wildman–Crippen MR) is 88.1 cm³/mol. The van der Waals surface area contributed by atoms with Gasteiger partial charge in [0.2, 0.25) is 5.91 Å². The molecule has 1 atom stereocenters. The van der Waals surface area contributed by atoms with Crippen molar-refractivity contribution >= 4 is 35.2 Å². The number of likely N-dealkylation sites (tertiary alicyclic amines) is 1. The summed E-state index contributed by atoms with van der Waals surface area (Å²) in [6, 6.07) is 7.42. The number of amides is 1. The number of halogens is 1. The second-order valence-electron chi connectivity index (χ2n) is 5.17. The van der Waals surface area contributed by atoms with E-state index in [1.165, 1.54) is 11.8 Å². The van der Waals surface area contributed by atoms with E-state index in [1.807, 2.05) is 24.3 Å². The van der Waals surface area contributed by atoms with Crippen molar-refractivity contribution in [2.45, 2.75) is 24.7 Å². The maximum absolute atomic E-state index is 12.3. The van der Waals surface area contributed by atoms with Gasteiger partial charge in [-0.3, -0.25) is 9.59 Å². The molecule has 1 amide bonds. The van der Waals surface area contributed by atoms with E-state index in [0.29, 0.717) is 23.9 Å². The maximum Gasteiger partial charge on any atom is 0.310 e. The van der Waals surface area contributed by atoms with Gasteiger partial charge in [0.05, 0.1) is 18.3 Å². The summed E-state index contributed by atoms with van der Waals surface area (Å²) in [4.78, 5) is 26.9. The lowest BCUT2D eigenvalue weighted by molar-refractivity contribution is -0.151. The van der Waals surface area contributed by atoms with Gasteiger partial charge in [0.15, 0.2) is 0 Å². The summed E-state index contributed by atoms with van der Waals surface area (Å²) in [7, 11) is 0. The molecule has 120 valence electrons. The number of rotatable bonds is 5. The molecule has 1 fully saturated rings. The molecule has 0 bridgehead atoms. The summed E-state index contributed by atoms with van der Waals surface area (Å²) in [5, 5.41) is 0.684. The minimum atomic E-state index is -0.189. The van der Waals surface area contributed by atoms with Gasteiger partial charge in [-0.1, -0.05) is 11.6 Å². The van der Waals surface area contributed by atoms with Crippen molar-refractivity contribution in [3.05, 3.63) is 29.3 Å². The van der Waals surface area contributed by atoms with Crippen LogP contribution < -0.4 is 0 Å². The Hall–Kier alpha value is -1.20. The minimum Gasteiger partial charge on any atom is -0.466 e. The Bertz CT molecular complexity index is 521. The largest absolute Gasteiger partial charge is 0.466 e. The topological polar surface area (TPSA) is 46.6 Å². The van der Waals surface area contributed by atoms with Gasteiger partial charge >= 0.3 is 5.97 Å². The molecule has 0 aliphatic carbocycles. The van der Waals surface area contributed by atoms with Crippen molar-refractivity contribution < 1.29 is 14.3 Å². The molecule has 0 aromatic heterocycles. The molecule has 1 aromatic carbocycles. The zero-order valence-corrected chi connectivity index (χ0v) is 14.2. The molecule has 6 heteroatoms. The van der Waals surface area contributed by atoms with Crippen molar-refractivity contribution in [2.24, 2.45) is 5.92 Å². The Morgan fingerprint density at radius 2 is 2.09 bits per heavy atom. The van der Waals surface area contributed by atoms with Crippen molar-refractivity contribution in [1.82, 2.24) is 4.90 Å². The number of hydrogen-bond acceptors (Lipinski definition) is 4. The van der Waals surface area contributed by atoms with Crippen LogP contribution in [0.2, 0.25) is 5.02 Å². The quantitative estimate of drug-likeness (QED) is 0.609. The number of piperidine rings is 1. The first-order valence-electron chi connectivity index (χ1n) is 7.43. The van der Waals surface area contributed by atoms with Crippen molar-refractivity contribution in [3.8, 4) is 0 Å². The minimum absolute atomic E-state index is 0.0638. The average molecular weight is 342 g/mol. The molecule has 0 radical (unpaired) electrons. The van der Waals surface area contributed by atoms with Crippen LogP contribution in [0.25, 0.3) is 0 Å². The molecule has 1 saturated heterocycles. The highest BCUT2D eigenvalue weighted by atomic mass is 35.5. The molecule has 1 aliphatic heterocycles. The standard InChI is InChI=1S/C16H20ClNO3S/c1-2-21-16(20)12-4-3-9-18(10-12)15(19)11-22-14-7-5-13(17)6-8-14/h5-8,12H,2-4,9-11H2,1H3. The van der Waals surface area contributed by atoms with Crippen LogP contribution in [-0.4, -0.2) is 42.2 Å². The number of hydrogen-bond donors (Lipinski definition) is 0. The fourth-order valence-electron chi connectivity index (χ4n) is 2.42. The second-order valence-corrected chi connectivity index (χ2v) is 6.66. The summed E-state index contributed by atoms with van der Waals surface area (Å²) in [5.41, 5.74) is 0. The van der Waals surface area contributed by atoms with E-state index in [4.69, 9.17) is 16.3 Å². The third-order valence-corrected chi connectivity index (χ3v) is 4.82. The number of carbonyl (C=O) groups is 2. The van der Waals surface area contributed by atoms with Gasteiger partial charge in [0.25, 0.3) is 0 Å². The Kier molecular flexibility index (Phi) is 6.58. The number of benzene rings is 1. The molecular weight excluding hydrogens is 322 g/mol. The average Bonchev–Trinajstić information content (AvgIpc) is 2.54. The Morgan fingerprint density at radius 3 is 2.77 bits per heavy atom. The van der Waals surface area contributed by atoms with Crippen molar-refractivity contribution in [3.63, 3.8) is 0 Å². The lowest BCUT2D eigenvalue weighted by Crippen LogP contribution is -2.43. The number of carbonyl (C=O) groups excluding carboxylic acids is 2. The number of esters is 1. The van der Waals surface area contributed by atoms with Gasteiger partial charge in [-0.25, -0.2) is 0 Å². The summed E-state index contributed by atoms with van der Waals surface area (Å²) in [5.74, 6) is 0.0643. The molecule has 4 nitrogen and oxygen atoms in total. The Balaban J connectivity index is 1.83. The van der Waals surface area contributed by atoms with Crippen LogP contribution in [0.3, 0.4) is 0 Å². The monoisotopic (exact) mass is 341 g/mol. The van der Waals surface area contributed by atoms with Crippen LogP contribution in [-0.2, 0) is 14.3 Å². The van der Waals surface area contributed by atoms with Crippen molar-refractivity contribution in [2.75, 3.05) is 25.4 Å². The van der Waals surface area contributed by atoms with E-state index in [1.54, 1.807) is 11.8 Å². The second kappa shape index (κ2) is 8.44. The Morgan fingerprint density at radius 1 is 1.36 bits per heavy atom. The zero-order valence-electron chi connectivity index (χ0n) is 12.6. The summed E-state index contributed by atoms with van der Waals surface area (Å²) >= 11 is 7.32. The first kappa shape index (κ1) is 17.2. The zero-order chi connectivity index (χ0) is 15.9. The van der Waals surface area contributed by atoms with Gasteiger partial charge < -0.3 is 9.64 Å². The van der Waals surface area contributed by atoms with E-state index in [2.05, 4.69) is 0 Å². The molecule has 1 aliphatic rings. The summed E-state index contributed by atoms with van der Waals surface area (Å²) in [6.45, 7) is 3.37. The van der Waals surface area contributed by atoms with Crippen molar-refractivity contribution in [1.29, 1.82) is 0 Å². The highest BCUT2D eigenvalue weighted by Gasteiger charge is 2.29. The van der Waals surface area contributed by atoms with Crippen LogP contribution in [0, 0.1) is 5.92 Å². The number of nitrogens with zero attached hydrogens (tertiary/aromatic N) is 1. The molecule has 0 saturated carbocycles. The highest BCUT2D eigenvalue weighted by Crippen LogP contribution is 2.23. The van der Waals surface area contributed by atoms with E-state index in [9.17, 15) is 9.59 Å². The molecule has 2 rings (SSSR count). The lowest BCUT2D eigenvalue weighted by atomic mass is 9.98. The van der Waals surface area contributed by atoms with Gasteiger partial charge in [-0.15, -0.1) is 11.8 Å². The van der Waals surface area contributed by atoms with Gasteiger partial charge in [0, 0.05) is 23.0 Å².